The second-order valence-corrected chi connectivity index (χ2v) is 5.26. The predicted octanol–water partition coefficient (Wildman–Crippen LogP) is 2.94. The normalized spacial score (nSPS) is 19.0. The molecule has 98 valence electrons. The number of amides is 1. The lowest BCUT2D eigenvalue weighted by Gasteiger charge is -2.15. The highest BCUT2D eigenvalue weighted by molar-refractivity contribution is 6.18. The SMILES string of the molecule is O=C(c1ccc2ccccc2n1)N1CCC(CCl)C1. The summed E-state index contributed by atoms with van der Waals surface area (Å²) in [4.78, 5) is 18.7. The maximum Gasteiger partial charge on any atom is 0.272 e. The second kappa shape index (κ2) is 5.17. The number of alkyl halides is 1. The van der Waals surface area contributed by atoms with E-state index in [1.54, 1.807) is 6.07 Å². The highest BCUT2D eigenvalue weighted by atomic mass is 35.5. The Balaban J connectivity index is 1.85. The molecule has 1 atom stereocenters. The van der Waals surface area contributed by atoms with Crippen molar-refractivity contribution in [1.82, 2.24) is 9.88 Å². The van der Waals surface area contributed by atoms with Gasteiger partial charge >= 0.3 is 0 Å². The number of hydrogen-bond donors (Lipinski definition) is 0. The van der Waals surface area contributed by atoms with Gasteiger partial charge in [-0.15, -0.1) is 11.6 Å². The Bertz CT molecular complexity index is 614. The summed E-state index contributed by atoms with van der Waals surface area (Å²) in [5.41, 5.74) is 1.38. The average Bonchev–Trinajstić information content (AvgIpc) is 2.95. The lowest BCUT2D eigenvalue weighted by Crippen LogP contribution is -2.29. The summed E-state index contributed by atoms with van der Waals surface area (Å²) in [5.74, 6) is 1.05. The van der Waals surface area contributed by atoms with E-state index < -0.39 is 0 Å². The van der Waals surface area contributed by atoms with Crippen molar-refractivity contribution in [2.75, 3.05) is 19.0 Å². The van der Waals surface area contributed by atoms with Crippen molar-refractivity contribution in [3.63, 3.8) is 0 Å². The van der Waals surface area contributed by atoms with Crippen LogP contribution < -0.4 is 0 Å². The van der Waals surface area contributed by atoms with Crippen molar-refractivity contribution in [1.29, 1.82) is 0 Å². The zero-order valence-corrected chi connectivity index (χ0v) is 11.3. The molecule has 1 unspecified atom stereocenters. The topological polar surface area (TPSA) is 33.2 Å². The number of carbonyl (C=O) groups excluding carboxylic acids is 1. The fourth-order valence-corrected chi connectivity index (χ4v) is 2.74. The molecule has 1 aromatic carbocycles. The molecule has 2 aromatic rings. The minimum absolute atomic E-state index is 0.0124. The number of rotatable bonds is 2. The Kier molecular flexibility index (Phi) is 3.38. The Hall–Kier alpha value is -1.61. The molecule has 3 nitrogen and oxygen atoms in total. The molecule has 0 aliphatic carbocycles. The zero-order chi connectivity index (χ0) is 13.2. The highest BCUT2D eigenvalue weighted by Crippen LogP contribution is 2.20. The van der Waals surface area contributed by atoms with Gasteiger partial charge in [-0.2, -0.15) is 0 Å². The van der Waals surface area contributed by atoms with Crippen LogP contribution in [0.3, 0.4) is 0 Å². The summed E-state index contributed by atoms with van der Waals surface area (Å²) >= 11 is 5.85. The monoisotopic (exact) mass is 274 g/mol. The number of halogens is 1. The molecule has 1 aliphatic heterocycles. The third-order valence-electron chi connectivity index (χ3n) is 3.61. The first-order valence-electron chi connectivity index (χ1n) is 6.49. The third kappa shape index (κ3) is 2.43. The van der Waals surface area contributed by atoms with Crippen molar-refractivity contribution < 1.29 is 4.79 Å². The summed E-state index contributed by atoms with van der Waals surface area (Å²) in [7, 11) is 0. The van der Waals surface area contributed by atoms with Crippen LogP contribution in [0.5, 0.6) is 0 Å². The van der Waals surface area contributed by atoms with Crippen molar-refractivity contribution in [2.45, 2.75) is 6.42 Å². The lowest BCUT2D eigenvalue weighted by molar-refractivity contribution is 0.0783. The molecule has 0 saturated carbocycles. The van der Waals surface area contributed by atoms with Gasteiger partial charge < -0.3 is 4.90 Å². The van der Waals surface area contributed by atoms with E-state index >= 15 is 0 Å². The van der Waals surface area contributed by atoms with Gasteiger partial charge in [0.15, 0.2) is 0 Å². The van der Waals surface area contributed by atoms with E-state index in [1.165, 1.54) is 0 Å². The Morgan fingerprint density at radius 2 is 2.16 bits per heavy atom. The predicted molar refractivity (Wildman–Crippen MR) is 76.5 cm³/mol. The molecule has 3 rings (SSSR count). The first-order chi connectivity index (χ1) is 9.28. The number of nitrogens with zero attached hydrogens (tertiary/aromatic N) is 2. The number of para-hydroxylation sites is 1. The summed E-state index contributed by atoms with van der Waals surface area (Å²) in [6, 6.07) is 11.6. The largest absolute Gasteiger partial charge is 0.337 e. The van der Waals surface area contributed by atoms with Gasteiger partial charge in [0.1, 0.15) is 5.69 Å². The van der Waals surface area contributed by atoms with Crippen LogP contribution in [0.25, 0.3) is 10.9 Å². The minimum Gasteiger partial charge on any atom is -0.337 e. The fourth-order valence-electron chi connectivity index (χ4n) is 2.49. The smallest absolute Gasteiger partial charge is 0.272 e. The van der Waals surface area contributed by atoms with E-state index in [9.17, 15) is 4.79 Å². The highest BCUT2D eigenvalue weighted by Gasteiger charge is 2.26. The number of aromatic nitrogens is 1. The Labute approximate surface area is 117 Å². The zero-order valence-electron chi connectivity index (χ0n) is 10.6. The molecule has 0 N–H and O–H groups in total. The lowest BCUT2D eigenvalue weighted by atomic mass is 10.2. The molecule has 1 aliphatic rings. The molecule has 4 heteroatoms. The molecule has 0 spiro atoms. The van der Waals surface area contributed by atoms with E-state index in [-0.39, 0.29) is 5.91 Å². The molecule has 1 saturated heterocycles. The first-order valence-corrected chi connectivity index (χ1v) is 7.02. The van der Waals surface area contributed by atoms with Gasteiger partial charge in [0.25, 0.3) is 5.91 Å². The molecular formula is C15H15ClN2O. The van der Waals surface area contributed by atoms with Crippen LogP contribution >= 0.6 is 11.6 Å². The first kappa shape index (κ1) is 12.4. The van der Waals surface area contributed by atoms with Crippen LogP contribution in [0.4, 0.5) is 0 Å². The van der Waals surface area contributed by atoms with E-state index in [1.807, 2.05) is 35.2 Å². The van der Waals surface area contributed by atoms with Crippen LogP contribution in [0.15, 0.2) is 36.4 Å². The molecule has 1 amide bonds. The number of fused-ring (bicyclic) bond motifs is 1. The van der Waals surface area contributed by atoms with E-state index in [2.05, 4.69) is 4.98 Å². The molecule has 0 bridgehead atoms. The summed E-state index contributed by atoms with van der Waals surface area (Å²) in [5, 5.41) is 1.05. The Morgan fingerprint density at radius 1 is 1.32 bits per heavy atom. The van der Waals surface area contributed by atoms with Gasteiger partial charge in [-0.3, -0.25) is 4.79 Å². The van der Waals surface area contributed by atoms with Gasteiger partial charge in [0.2, 0.25) is 0 Å². The van der Waals surface area contributed by atoms with Crippen LogP contribution in [0, 0.1) is 5.92 Å². The maximum absolute atomic E-state index is 12.4. The standard InChI is InChI=1S/C15H15ClN2O/c16-9-11-7-8-18(10-11)15(19)14-6-5-12-3-1-2-4-13(12)17-14/h1-6,11H,7-10H2. The van der Waals surface area contributed by atoms with Crippen molar-refractivity contribution >= 4 is 28.4 Å². The number of likely N-dealkylation sites (tertiary alicyclic amines) is 1. The number of pyridine rings is 1. The van der Waals surface area contributed by atoms with Crippen molar-refractivity contribution in [3.05, 3.63) is 42.1 Å². The summed E-state index contributed by atoms with van der Waals surface area (Å²) in [6.07, 6.45) is 0.989. The van der Waals surface area contributed by atoms with Gasteiger partial charge in [-0.05, 0) is 24.5 Å². The molecule has 0 radical (unpaired) electrons. The maximum atomic E-state index is 12.4. The summed E-state index contributed by atoms with van der Waals surface area (Å²) in [6.45, 7) is 1.53. The molecule has 19 heavy (non-hydrogen) atoms. The summed E-state index contributed by atoms with van der Waals surface area (Å²) < 4.78 is 0. The second-order valence-electron chi connectivity index (χ2n) is 4.95. The van der Waals surface area contributed by atoms with E-state index in [0.717, 1.165) is 30.4 Å². The van der Waals surface area contributed by atoms with Gasteiger partial charge in [-0.1, -0.05) is 24.3 Å². The Morgan fingerprint density at radius 3 is 2.95 bits per heavy atom. The number of hydrogen-bond acceptors (Lipinski definition) is 2. The van der Waals surface area contributed by atoms with Crippen LogP contribution in [0.1, 0.15) is 16.9 Å². The van der Waals surface area contributed by atoms with E-state index in [0.29, 0.717) is 17.5 Å². The van der Waals surface area contributed by atoms with Gasteiger partial charge in [-0.25, -0.2) is 4.98 Å². The van der Waals surface area contributed by atoms with Crippen molar-refractivity contribution in [3.8, 4) is 0 Å². The molecule has 2 heterocycles. The fraction of sp³-hybridized carbons (Fsp3) is 0.333. The van der Waals surface area contributed by atoms with Crippen LogP contribution in [-0.4, -0.2) is 34.8 Å². The average molecular weight is 275 g/mol. The molecule has 1 aromatic heterocycles. The van der Waals surface area contributed by atoms with Gasteiger partial charge in [0, 0.05) is 24.4 Å². The third-order valence-corrected chi connectivity index (χ3v) is 4.05. The minimum atomic E-state index is 0.0124. The van der Waals surface area contributed by atoms with Crippen LogP contribution in [0.2, 0.25) is 0 Å². The number of benzene rings is 1. The number of carbonyl (C=O) groups is 1. The van der Waals surface area contributed by atoms with Crippen molar-refractivity contribution in [2.24, 2.45) is 5.92 Å². The van der Waals surface area contributed by atoms with Gasteiger partial charge in [0.05, 0.1) is 5.52 Å². The van der Waals surface area contributed by atoms with E-state index in [4.69, 9.17) is 11.6 Å². The quantitative estimate of drug-likeness (QED) is 0.789. The molecular weight excluding hydrogens is 260 g/mol. The molecule has 1 fully saturated rings. The van der Waals surface area contributed by atoms with Crippen LogP contribution in [-0.2, 0) is 0 Å².